The van der Waals surface area contributed by atoms with Crippen molar-refractivity contribution in [3.8, 4) is 0 Å². The Hall–Kier alpha value is -1.04. The normalized spacial score (nSPS) is 24.2. The fourth-order valence-electron chi connectivity index (χ4n) is 5.70. The quantitative estimate of drug-likeness (QED) is 0.361. The van der Waals surface area contributed by atoms with Crippen LogP contribution in [0.5, 0.6) is 0 Å². The van der Waals surface area contributed by atoms with E-state index in [-0.39, 0.29) is 0 Å². The van der Waals surface area contributed by atoms with Gasteiger partial charge in [-0.15, -0.1) is 0 Å². The van der Waals surface area contributed by atoms with Crippen molar-refractivity contribution in [2.75, 3.05) is 0 Å². The van der Waals surface area contributed by atoms with E-state index >= 15 is 0 Å². The maximum absolute atomic E-state index is 2.60. The van der Waals surface area contributed by atoms with Crippen molar-refractivity contribution < 1.29 is 0 Å². The van der Waals surface area contributed by atoms with Crippen LogP contribution in [0.1, 0.15) is 108 Å². The highest BCUT2D eigenvalue weighted by atomic mass is 14.5. The molecule has 1 aromatic carbocycles. The van der Waals surface area contributed by atoms with Crippen LogP contribution in [0.2, 0.25) is 0 Å². The minimum absolute atomic E-state index is 0.293. The van der Waals surface area contributed by atoms with Gasteiger partial charge in [-0.25, -0.2) is 0 Å². The predicted molar refractivity (Wildman–Crippen MR) is 115 cm³/mol. The molecule has 0 heterocycles. The van der Waals surface area contributed by atoms with Crippen molar-refractivity contribution in [3.05, 3.63) is 46.5 Å². The van der Waals surface area contributed by atoms with Gasteiger partial charge in [0.15, 0.2) is 0 Å². The van der Waals surface area contributed by atoms with Crippen molar-refractivity contribution in [2.24, 2.45) is 11.3 Å². The van der Waals surface area contributed by atoms with Crippen molar-refractivity contribution in [1.29, 1.82) is 0 Å². The summed E-state index contributed by atoms with van der Waals surface area (Å²) in [5, 5.41) is 0. The molecule has 1 aromatic rings. The number of allylic oxidation sites excluding steroid dienone is 2. The van der Waals surface area contributed by atoms with Crippen LogP contribution in [0, 0.1) is 18.3 Å². The molecule has 2 unspecified atom stereocenters. The van der Waals surface area contributed by atoms with Crippen LogP contribution in [-0.4, -0.2) is 0 Å². The third-order valence-corrected chi connectivity index (χ3v) is 7.36. The Morgan fingerprint density at radius 1 is 1.04 bits per heavy atom. The molecule has 2 atom stereocenters. The highest BCUT2D eigenvalue weighted by molar-refractivity contribution is 5.46. The summed E-state index contributed by atoms with van der Waals surface area (Å²) in [7, 11) is 0. The van der Waals surface area contributed by atoms with Crippen molar-refractivity contribution >= 4 is 0 Å². The number of unbranched alkanes of at least 4 members (excludes halogenated alkanes) is 3. The lowest BCUT2D eigenvalue weighted by Gasteiger charge is -2.47. The van der Waals surface area contributed by atoms with Gasteiger partial charge in [-0.3, -0.25) is 0 Å². The van der Waals surface area contributed by atoms with Crippen molar-refractivity contribution in [3.63, 3.8) is 0 Å². The zero-order valence-corrected chi connectivity index (χ0v) is 18.1. The van der Waals surface area contributed by atoms with Crippen LogP contribution in [0.25, 0.3) is 0 Å². The number of aryl methyl sites for hydroxylation is 1. The van der Waals surface area contributed by atoms with Gasteiger partial charge in [0, 0.05) is 0 Å². The summed E-state index contributed by atoms with van der Waals surface area (Å²) >= 11 is 0. The molecule has 0 saturated heterocycles. The lowest BCUT2D eigenvalue weighted by atomic mass is 9.57. The molecule has 3 rings (SSSR count). The summed E-state index contributed by atoms with van der Waals surface area (Å²) in [6.07, 6.45) is 15.4. The molecule has 0 aliphatic heterocycles. The Bertz CT molecular complexity index is 659. The number of rotatable bonds is 6. The van der Waals surface area contributed by atoms with Crippen LogP contribution in [-0.2, 0) is 11.8 Å². The van der Waals surface area contributed by atoms with Gasteiger partial charge in [0.05, 0.1) is 0 Å². The molecular weight excluding hydrogens is 312 g/mol. The molecule has 0 N–H and O–H groups in total. The summed E-state index contributed by atoms with van der Waals surface area (Å²) in [5.74, 6) is 1.55. The van der Waals surface area contributed by atoms with Gasteiger partial charge < -0.3 is 0 Å². The molecule has 26 heavy (non-hydrogen) atoms. The predicted octanol–water partition coefficient (Wildman–Crippen LogP) is 7.88. The zero-order valence-electron chi connectivity index (χ0n) is 18.1. The van der Waals surface area contributed by atoms with E-state index in [0.29, 0.717) is 10.8 Å². The SMILES string of the molecule is CCCCCCC(C)(C)c1cc(C)c2c(c1)CC(C)(C)C1CC=CCC21. The van der Waals surface area contributed by atoms with Crippen LogP contribution >= 0.6 is 0 Å². The van der Waals surface area contributed by atoms with Crippen LogP contribution in [0.4, 0.5) is 0 Å². The van der Waals surface area contributed by atoms with Gasteiger partial charge in [-0.1, -0.05) is 84.6 Å². The fraction of sp³-hybridized carbons (Fsp3) is 0.692. The average molecular weight is 353 g/mol. The van der Waals surface area contributed by atoms with E-state index in [1.54, 1.807) is 22.3 Å². The number of hydrogen-bond acceptors (Lipinski definition) is 0. The second kappa shape index (κ2) is 7.53. The summed E-state index contributed by atoms with van der Waals surface area (Å²) in [6.45, 7) is 14.6. The van der Waals surface area contributed by atoms with Gasteiger partial charge >= 0.3 is 0 Å². The Morgan fingerprint density at radius 3 is 2.50 bits per heavy atom. The minimum atomic E-state index is 0.293. The summed E-state index contributed by atoms with van der Waals surface area (Å²) in [5.41, 5.74) is 7.19. The molecule has 0 nitrogen and oxygen atoms in total. The Labute approximate surface area is 162 Å². The largest absolute Gasteiger partial charge is 0.0882 e. The molecule has 0 spiro atoms. The van der Waals surface area contributed by atoms with E-state index in [4.69, 9.17) is 0 Å². The van der Waals surface area contributed by atoms with E-state index in [9.17, 15) is 0 Å². The fourth-order valence-corrected chi connectivity index (χ4v) is 5.70. The molecule has 0 saturated carbocycles. The third kappa shape index (κ3) is 3.80. The first kappa shape index (κ1) is 19.7. The maximum Gasteiger partial charge on any atom is -0.00855 e. The molecule has 0 radical (unpaired) electrons. The first-order chi connectivity index (χ1) is 12.3. The first-order valence-electron chi connectivity index (χ1n) is 11.0. The monoisotopic (exact) mass is 352 g/mol. The maximum atomic E-state index is 2.60. The zero-order chi connectivity index (χ0) is 18.9. The van der Waals surface area contributed by atoms with Crippen LogP contribution in [0.15, 0.2) is 24.3 Å². The van der Waals surface area contributed by atoms with E-state index in [2.05, 4.69) is 65.8 Å². The lowest BCUT2D eigenvalue weighted by molar-refractivity contribution is 0.153. The van der Waals surface area contributed by atoms with Gasteiger partial charge in [0.2, 0.25) is 0 Å². The van der Waals surface area contributed by atoms with Gasteiger partial charge in [0.25, 0.3) is 0 Å². The molecule has 0 bridgehead atoms. The summed E-state index contributed by atoms with van der Waals surface area (Å²) < 4.78 is 0. The molecule has 2 aliphatic rings. The van der Waals surface area contributed by atoms with Crippen molar-refractivity contribution in [1.82, 2.24) is 0 Å². The van der Waals surface area contributed by atoms with E-state index < -0.39 is 0 Å². The third-order valence-electron chi connectivity index (χ3n) is 7.36. The van der Waals surface area contributed by atoms with E-state index in [1.165, 1.54) is 51.4 Å². The van der Waals surface area contributed by atoms with Gasteiger partial charge in [-0.2, -0.15) is 0 Å². The molecule has 2 aliphatic carbocycles. The molecule has 0 heteroatoms. The average Bonchev–Trinajstić information content (AvgIpc) is 2.58. The van der Waals surface area contributed by atoms with Gasteiger partial charge in [-0.05, 0) is 77.5 Å². The molecule has 0 fully saturated rings. The number of hydrogen-bond donors (Lipinski definition) is 0. The van der Waals surface area contributed by atoms with E-state index in [1.807, 2.05) is 0 Å². The topological polar surface area (TPSA) is 0 Å². The lowest BCUT2D eigenvalue weighted by Crippen LogP contribution is -2.38. The minimum Gasteiger partial charge on any atom is -0.0882 e. The first-order valence-corrected chi connectivity index (χ1v) is 11.0. The smallest absolute Gasteiger partial charge is 0.00855 e. The number of fused-ring (bicyclic) bond motifs is 3. The van der Waals surface area contributed by atoms with E-state index in [0.717, 1.165) is 11.8 Å². The Morgan fingerprint density at radius 2 is 1.77 bits per heavy atom. The second-order valence-electron chi connectivity index (χ2n) is 10.4. The van der Waals surface area contributed by atoms with Crippen LogP contribution in [0.3, 0.4) is 0 Å². The standard InChI is InChI=1S/C26H40/c1-7-8-9-12-15-25(3,4)21-16-19(2)24-20(17-21)18-26(5,6)23-14-11-10-13-22(23)24/h10-11,16-17,22-23H,7-9,12-15,18H2,1-6H3. The molecule has 0 aromatic heterocycles. The highest BCUT2D eigenvalue weighted by Gasteiger charge is 2.42. The van der Waals surface area contributed by atoms with Gasteiger partial charge in [0.1, 0.15) is 0 Å². The second-order valence-corrected chi connectivity index (χ2v) is 10.4. The molecule has 0 amide bonds. The highest BCUT2D eigenvalue weighted by Crippen LogP contribution is 2.53. The Balaban J connectivity index is 1.91. The molecule has 144 valence electrons. The summed E-state index contributed by atoms with van der Waals surface area (Å²) in [4.78, 5) is 0. The number of benzene rings is 1. The summed E-state index contributed by atoms with van der Waals surface area (Å²) in [6, 6.07) is 5.13. The van der Waals surface area contributed by atoms with Crippen molar-refractivity contribution in [2.45, 2.75) is 104 Å². The molecular formula is C26H40. The Kier molecular flexibility index (Phi) is 5.71. The van der Waals surface area contributed by atoms with Crippen LogP contribution < -0.4 is 0 Å².